The topological polar surface area (TPSA) is 131 Å². The van der Waals surface area contributed by atoms with Crippen LogP contribution >= 0.6 is 7.82 Å². The molecule has 0 aliphatic heterocycles. The second-order valence-electron chi connectivity index (χ2n) is 11.7. The summed E-state index contributed by atoms with van der Waals surface area (Å²) >= 11 is 0. The van der Waals surface area contributed by atoms with Gasteiger partial charge in [-0.2, -0.15) is 0 Å². The minimum Gasteiger partial charge on any atom is -0.387 e. The van der Waals surface area contributed by atoms with Crippen LogP contribution in [0.2, 0.25) is 0 Å². The normalized spacial score (nSPS) is 15.2. The van der Waals surface area contributed by atoms with Crippen LogP contribution in [0.3, 0.4) is 0 Å². The molecule has 0 fully saturated rings. The number of nitrogens with one attached hydrogen (secondary N) is 1. The molecule has 0 aliphatic rings. The average molecular weight is 667 g/mol. The Hall–Kier alpha value is -1.80. The van der Waals surface area contributed by atoms with Crippen LogP contribution in [0, 0.1) is 0 Å². The Labute approximate surface area is 281 Å². The lowest BCUT2D eigenvalue weighted by molar-refractivity contribution is -0.122. The molecule has 0 bridgehead atoms. The van der Waals surface area contributed by atoms with Crippen molar-refractivity contribution in [1.82, 2.24) is 5.32 Å². The van der Waals surface area contributed by atoms with E-state index in [0.29, 0.717) is 6.42 Å². The number of carbonyl (C=O) groups is 1. The number of phosphoric ester groups is 1. The summed E-state index contributed by atoms with van der Waals surface area (Å²) in [6.45, 7) is 3.92. The molecule has 9 heteroatoms. The Morgan fingerprint density at radius 2 is 1.26 bits per heavy atom. The molecular weight excluding hydrogens is 599 g/mol. The first-order valence-electron chi connectivity index (χ1n) is 17.9. The molecule has 1 amide bonds. The highest BCUT2D eigenvalue weighted by Gasteiger charge is 2.26. The SMILES string of the molecule is CC/C=C\C/C=C\C/C=C\C/C=C\CCC(=O)NC(COP(=O)(O)OCCN)C(O)/C=C/CCCCCCCCCCCCCC. The standard InChI is InChI=1S/C37H67N2O6P/c1-3-5-7-9-11-13-15-17-19-20-22-24-26-28-30-36(40)35(34-45-46(42,43)44-33-32-38)39-37(41)31-29-27-25-23-21-18-16-14-12-10-8-6-4-2/h6,8,12,14,18,21,25,27-28,30,35-36,40H,3-5,7,9-11,13,15-17,19-20,22-24,26,29,31-34,38H2,1-2H3,(H,39,41)(H,42,43)/b8-6-,14-12-,21-18-,27-25-,30-28+. The fraction of sp³-hybridized carbons (Fsp3) is 0.703. The lowest BCUT2D eigenvalue weighted by Crippen LogP contribution is -2.45. The van der Waals surface area contributed by atoms with E-state index in [0.717, 1.165) is 44.9 Å². The van der Waals surface area contributed by atoms with Crippen LogP contribution < -0.4 is 11.1 Å². The van der Waals surface area contributed by atoms with Crippen molar-refractivity contribution in [3.63, 3.8) is 0 Å². The number of rotatable bonds is 32. The van der Waals surface area contributed by atoms with Crippen LogP contribution in [0.5, 0.6) is 0 Å². The predicted molar refractivity (Wildman–Crippen MR) is 193 cm³/mol. The van der Waals surface area contributed by atoms with Crippen LogP contribution in [0.1, 0.15) is 136 Å². The van der Waals surface area contributed by atoms with Gasteiger partial charge in [0.25, 0.3) is 0 Å². The fourth-order valence-electron chi connectivity index (χ4n) is 4.67. The highest BCUT2D eigenvalue weighted by molar-refractivity contribution is 7.47. The minimum absolute atomic E-state index is 0.0653. The van der Waals surface area contributed by atoms with Gasteiger partial charge in [0.15, 0.2) is 0 Å². The molecule has 0 rings (SSSR count). The first-order valence-corrected chi connectivity index (χ1v) is 19.4. The molecule has 0 aromatic carbocycles. The molecule has 266 valence electrons. The number of amides is 1. The van der Waals surface area contributed by atoms with Crippen LogP contribution in [-0.2, 0) is 18.4 Å². The van der Waals surface area contributed by atoms with Gasteiger partial charge in [-0.15, -0.1) is 0 Å². The number of nitrogens with two attached hydrogens (primary N) is 1. The van der Waals surface area contributed by atoms with E-state index in [9.17, 15) is 19.4 Å². The van der Waals surface area contributed by atoms with Gasteiger partial charge >= 0.3 is 7.82 Å². The molecule has 8 nitrogen and oxygen atoms in total. The monoisotopic (exact) mass is 666 g/mol. The van der Waals surface area contributed by atoms with Crippen molar-refractivity contribution in [2.24, 2.45) is 5.73 Å². The van der Waals surface area contributed by atoms with E-state index in [1.807, 2.05) is 18.2 Å². The number of aliphatic hydroxyl groups excluding tert-OH is 1. The fourth-order valence-corrected chi connectivity index (χ4v) is 5.43. The molecule has 0 saturated heterocycles. The maximum Gasteiger partial charge on any atom is 0.472 e. The smallest absolute Gasteiger partial charge is 0.387 e. The molecule has 0 saturated carbocycles. The maximum absolute atomic E-state index is 12.6. The first kappa shape index (κ1) is 44.2. The van der Waals surface area contributed by atoms with Crippen molar-refractivity contribution in [2.45, 2.75) is 148 Å². The number of phosphoric acid groups is 1. The summed E-state index contributed by atoms with van der Waals surface area (Å²) in [6, 6.07) is -0.898. The van der Waals surface area contributed by atoms with Crippen LogP contribution in [-0.4, -0.2) is 47.8 Å². The Kier molecular flexibility index (Phi) is 31.8. The zero-order chi connectivity index (χ0) is 34.0. The lowest BCUT2D eigenvalue weighted by atomic mass is 10.0. The third-order valence-corrected chi connectivity index (χ3v) is 8.35. The highest BCUT2D eigenvalue weighted by Crippen LogP contribution is 2.43. The molecule has 0 aromatic heterocycles. The second kappa shape index (κ2) is 33.1. The number of unbranched alkanes of at least 4 members (excludes halogenated alkanes) is 12. The van der Waals surface area contributed by atoms with Crippen molar-refractivity contribution in [1.29, 1.82) is 0 Å². The van der Waals surface area contributed by atoms with E-state index in [1.165, 1.54) is 64.2 Å². The van der Waals surface area contributed by atoms with Gasteiger partial charge in [0, 0.05) is 13.0 Å². The summed E-state index contributed by atoms with van der Waals surface area (Å²) in [5.41, 5.74) is 5.34. The van der Waals surface area contributed by atoms with Crippen molar-refractivity contribution in [3.05, 3.63) is 60.8 Å². The van der Waals surface area contributed by atoms with E-state index < -0.39 is 20.0 Å². The molecule has 46 heavy (non-hydrogen) atoms. The van der Waals surface area contributed by atoms with Gasteiger partial charge in [-0.25, -0.2) is 4.57 Å². The number of allylic oxidation sites excluding steroid dienone is 9. The van der Waals surface area contributed by atoms with E-state index in [-0.39, 0.29) is 32.1 Å². The molecule has 5 N–H and O–H groups in total. The zero-order valence-corrected chi connectivity index (χ0v) is 29.9. The molecular formula is C37H67N2O6P. The molecule has 0 aromatic rings. The lowest BCUT2D eigenvalue weighted by Gasteiger charge is -2.23. The second-order valence-corrected chi connectivity index (χ2v) is 13.1. The van der Waals surface area contributed by atoms with Crippen LogP contribution in [0.4, 0.5) is 0 Å². The van der Waals surface area contributed by atoms with Gasteiger partial charge in [0.2, 0.25) is 5.91 Å². The quantitative estimate of drug-likeness (QED) is 0.0320. The maximum atomic E-state index is 12.6. The zero-order valence-electron chi connectivity index (χ0n) is 29.0. The van der Waals surface area contributed by atoms with E-state index >= 15 is 0 Å². The summed E-state index contributed by atoms with van der Waals surface area (Å²) in [5.74, 6) is -0.278. The van der Waals surface area contributed by atoms with Gasteiger partial charge in [-0.05, 0) is 44.9 Å². The predicted octanol–water partition coefficient (Wildman–Crippen LogP) is 9.16. The van der Waals surface area contributed by atoms with E-state index in [2.05, 4.69) is 55.6 Å². The van der Waals surface area contributed by atoms with Gasteiger partial charge < -0.3 is 21.1 Å². The van der Waals surface area contributed by atoms with Crippen molar-refractivity contribution < 1.29 is 28.4 Å². The van der Waals surface area contributed by atoms with Gasteiger partial charge in [-0.1, -0.05) is 145 Å². The Morgan fingerprint density at radius 3 is 1.80 bits per heavy atom. The third-order valence-electron chi connectivity index (χ3n) is 7.36. The van der Waals surface area contributed by atoms with Gasteiger partial charge in [0.1, 0.15) is 0 Å². The van der Waals surface area contributed by atoms with Crippen LogP contribution in [0.25, 0.3) is 0 Å². The molecule has 0 spiro atoms. The summed E-state index contributed by atoms with van der Waals surface area (Å²) < 4.78 is 22.0. The summed E-state index contributed by atoms with van der Waals surface area (Å²) in [5, 5.41) is 13.5. The van der Waals surface area contributed by atoms with Gasteiger partial charge in [0.05, 0.1) is 25.4 Å². The number of hydrogen-bond acceptors (Lipinski definition) is 6. The summed E-state index contributed by atoms with van der Waals surface area (Å²) in [7, 11) is -4.35. The number of carbonyl (C=O) groups excluding carboxylic acids is 1. The largest absolute Gasteiger partial charge is 0.472 e. The Bertz CT molecular complexity index is 902. The van der Waals surface area contributed by atoms with E-state index in [4.69, 9.17) is 14.8 Å². The van der Waals surface area contributed by atoms with Crippen molar-refractivity contribution in [3.8, 4) is 0 Å². The van der Waals surface area contributed by atoms with Crippen molar-refractivity contribution in [2.75, 3.05) is 19.8 Å². The summed E-state index contributed by atoms with van der Waals surface area (Å²) in [4.78, 5) is 22.5. The molecule has 3 unspecified atom stereocenters. The Morgan fingerprint density at radius 1 is 0.739 bits per heavy atom. The minimum atomic E-state index is -4.35. The summed E-state index contributed by atoms with van der Waals surface area (Å²) in [6.07, 6.45) is 39.9. The first-order chi connectivity index (χ1) is 22.4. The highest BCUT2D eigenvalue weighted by atomic mass is 31.2. The van der Waals surface area contributed by atoms with Crippen molar-refractivity contribution >= 4 is 13.7 Å². The Balaban J connectivity index is 4.49. The molecule has 3 atom stereocenters. The van der Waals surface area contributed by atoms with Gasteiger partial charge in [-0.3, -0.25) is 13.8 Å². The molecule has 0 radical (unpaired) electrons. The van der Waals surface area contributed by atoms with Crippen LogP contribution in [0.15, 0.2) is 60.8 Å². The molecule has 0 heterocycles. The molecule has 0 aliphatic carbocycles. The number of hydrogen-bond donors (Lipinski definition) is 4. The average Bonchev–Trinajstić information content (AvgIpc) is 3.04. The third kappa shape index (κ3) is 30.8. The van der Waals surface area contributed by atoms with E-state index in [1.54, 1.807) is 6.08 Å². The number of aliphatic hydroxyl groups is 1.